The second-order valence-electron chi connectivity index (χ2n) is 3.97. The zero-order valence-corrected chi connectivity index (χ0v) is 11.5. The van der Waals surface area contributed by atoms with Gasteiger partial charge in [0.25, 0.3) is 5.91 Å². The van der Waals surface area contributed by atoms with Crippen LogP contribution in [0.15, 0.2) is 29.9 Å². The molecule has 0 aromatic carbocycles. The smallest absolute Gasteiger partial charge is 0.253 e. The molecular formula is C13H16N4OS. The maximum absolute atomic E-state index is 11.9. The van der Waals surface area contributed by atoms with Crippen molar-refractivity contribution in [3.05, 3.63) is 40.5 Å². The molecule has 0 aliphatic carbocycles. The highest BCUT2D eigenvalue weighted by Crippen LogP contribution is 2.06. The Kier molecular flexibility index (Phi) is 4.85. The minimum Gasteiger partial charge on any atom is -0.370 e. The van der Waals surface area contributed by atoms with Crippen molar-refractivity contribution < 1.29 is 4.79 Å². The van der Waals surface area contributed by atoms with Gasteiger partial charge in [0.15, 0.2) is 0 Å². The van der Waals surface area contributed by atoms with Crippen LogP contribution < -0.4 is 10.6 Å². The van der Waals surface area contributed by atoms with E-state index in [0.29, 0.717) is 12.1 Å². The molecule has 2 aromatic rings. The number of nitrogens with zero attached hydrogens (tertiary/aromatic N) is 2. The van der Waals surface area contributed by atoms with E-state index in [4.69, 9.17) is 0 Å². The average molecular weight is 276 g/mol. The van der Waals surface area contributed by atoms with Crippen LogP contribution in [0.2, 0.25) is 0 Å². The van der Waals surface area contributed by atoms with E-state index in [1.165, 1.54) is 11.3 Å². The molecule has 2 heterocycles. The fourth-order valence-corrected chi connectivity index (χ4v) is 2.04. The number of anilines is 1. The lowest BCUT2D eigenvalue weighted by molar-refractivity contribution is 0.0950. The Morgan fingerprint density at radius 2 is 2.26 bits per heavy atom. The molecule has 19 heavy (non-hydrogen) atoms. The summed E-state index contributed by atoms with van der Waals surface area (Å²) in [5.41, 5.74) is 0.554. The van der Waals surface area contributed by atoms with Crippen molar-refractivity contribution in [2.75, 3.05) is 11.9 Å². The van der Waals surface area contributed by atoms with E-state index >= 15 is 0 Å². The Balaban J connectivity index is 1.88. The topological polar surface area (TPSA) is 66.9 Å². The summed E-state index contributed by atoms with van der Waals surface area (Å²) in [4.78, 5) is 20.2. The third kappa shape index (κ3) is 4.03. The Labute approximate surface area is 116 Å². The standard InChI is InChI=1S/C13H16N4OS/c1-2-5-14-11-4-3-10(8-16-11)13(18)17-9-12-15-6-7-19-12/h3-4,6-8H,2,5,9H2,1H3,(H,14,16)(H,17,18). The van der Waals surface area contributed by atoms with Crippen LogP contribution in [0.5, 0.6) is 0 Å². The Morgan fingerprint density at radius 3 is 2.89 bits per heavy atom. The molecule has 0 saturated heterocycles. The van der Waals surface area contributed by atoms with E-state index in [0.717, 1.165) is 23.8 Å². The molecule has 6 heteroatoms. The number of hydrogen-bond donors (Lipinski definition) is 2. The predicted octanol–water partition coefficient (Wildman–Crippen LogP) is 2.29. The molecule has 0 atom stereocenters. The number of carbonyl (C=O) groups is 1. The summed E-state index contributed by atoms with van der Waals surface area (Å²) in [5, 5.41) is 8.75. The van der Waals surface area contributed by atoms with Gasteiger partial charge in [0.05, 0.1) is 12.1 Å². The van der Waals surface area contributed by atoms with E-state index in [1.807, 2.05) is 11.4 Å². The predicted molar refractivity (Wildman–Crippen MR) is 76.3 cm³/mol. The average Bonchev–Trinajstić information content (AvgIpc) is 2.96. The molecule has 100 valence electrons. The van der Waals surface area contributed by atoms with Crippen LogP contribution in [0, 0.1) is 0 Å². The van der Waals surface area contributed by atoms with Crippen LogP contribution in [0.4, 0.5) is 5.82 Å². The minimum absolute atomic E-state index is 0.134. The van der Waals surface area contributed by atoms with Crippen molar-refractivity contribution in [3.8, 4) is 0 Å². The highest BCUT2D eigenvalue weighted by Gasteiger charge is 2.06. The van der Waals surface area contributed by atoms with Gasteiger partial charge in [-0.3, -0.25) is 4.79 Å². The highest BCUT2D eigenvalue weighted by molar-refractivity contribution is 7.09. The van der Waals surface area contributed by atoms with Gasteiger partial charge in [-0.15, -0.1) is 11.3 Å². The molecule has 0 radical (unpaired) electrons. The summed E-state index contributed by atoms with van der Waals surface area (Å²) in [6.07, 6.45) is 4.34. The molecule has 0 aliphatic rings. The lowest BCUT2D eigenvalue weighted by Crippen LogP contribution is -2.22. The maximum Gasteiger partial charge on any atom is 0.253 e. The molecule has 0 fully saturated rings. The number of aromatic nitrogens is 2. The van der Waals surface area contributed by atoms with Gasteiger partial charge >= 0.3 is 0 Å². The summed E-state index contributed by atoms with van der Waals surface area (Å²) < 4.78 is 0. The van der Waals surface area contributed by atoms with Gasteiger partial charge in [-0.1, -0.05) is 6.92 Å². The maximum atomic E-state index is 11.9. The van der Waals surface area contributed by atoms with E-state index in [-0.39, 0.29) is 5.91 Å². The lowest BCUT2D eigenvalue weighted by Gasteiger charge is -2.05. The fourth-order valence-electron chi connectivity index (χ4n) is 1.48. The number of amides is 1. The van der Waals surface area contributed by atoms with Gasteiger partial charge in [-0.2, -0.15) is 0 Å². The molecule has 2 aromatic heterocycles. The zero-order chi connectivity index (χ0) is 13.5. The monoisotopic (exact) mass is 276 g/mol. The molecule has 0 aliphatic heterocycles. The summed E-state index contributed by atoms with van der Waals surface area (Å²) in [6, 6.07) is 3.58. The number of thiazole rings is 1. The molecule has 2 rings (SSSR count). The van der Waals surface area contributed by atoms with Gasteiger partial charge < -0.3 is 10.6 Å². The van der Waals surface area contributed by atoms with Crippen LogP contribution in [0.3, 0.4) is 0 Å². The molecular weight excluding hydrogens is 260 g/mol. The number of carbonyl (C=O) groups excluding carboxylic acids is 1. The Bertz CT molecular complexity index is 510. The molecule has 5 nitrogen and oxygen atoms in total. The largest absolute Gasteiger partial charge is 0.370 e. The summed E-state index contributed by atoms with van der Waals surface area (Å²) in [6.45, 7) is 3.42. The van der Waals surface area contributed by atoms with Crippen molar-refractivity contribution in [2.24, 2.45) is 0 Å². The van der Waals surface area contributed by atoms with Crippen molar-refractivity contribution >= 4 is 23.1 Å². The second kappa shape index (κ2) is 6.84. The van der Waals surface area contributed by atoms with Gasteiger partial charge in [0, 0.05) is 24.3 Å². The van der Waals surface area contributed by atoms with Crippen molar-refractivity contribution in [1.29, 1.82) is 0 Å². The first-order chi connectivity index (χ1) is 9.29. The van der Waals surface area contributed by atoms with Crippen LogP contribution >= 0.6 is 11.3 Å². The first kappa shape index (κ1) is 13.5. The molecule has 0 unspecified atom stereocenters. The number of hydrogen-bond acceptors (Lipinski definition) is 5. The third-order valence-corrected chi connectivity index (χ3v) is 3.25. The van der Waals surface area contributed by atoms with Crippen LogP contribution in [0.1, 0.15) is 28.7 Å². The van der Waals surface area contributed by atoms with Crippen molar-refractivity contribution in [3.63, 3.8) is 0 Å². The number of pyridine rings is 1. The van der Waals surface area contributed by atoms with Gasteiger partial charge in [-0.25, -0.2) is 9.97 Å². The van der Waals surface area contributed by atoms with Gasteiger partial charge in [-0.05, 0) is 18.6 Å². The van der Waals surface area contributed by atoms with E-state index in [9.17, 15) is 4.79 Å². The zero-order valence-electron chi connectivity index (χ0n) is 10.7. The van der Waals surface area contributed by atoms with Crippen molar-refractivity contribution in [1.82, 2.24) is 15.3 Å². The van der Waals surface area contributed by atoms with E-state index < -0.39 is 0 Å². The minimum atomic E-state index is -0.134. The summed E-state index contributed by atoms with van der Waals surface area (Å²) >= 11 is 1.52. The van der Waals surface area contributed by atoms with Gasteiger partial charge in [0.2, 0.25) is 0 Å². The first-order valence-electron chi connectivity index (χ1n) is 6.16. The molecule has 0 saturated carbocycles. The molecule has 0 bridgehead atoms. The van der Waals surface area contributed by atoms with Crippen LogP contribution in [-0.2, 0) is 6.54 Å². The molecule has 0 spiro atoms. The molecule has 2 N–H and O–H groups in total. The fraction of sp³-hybridized carbons (Fsp3) is 0.308. The highest BCUT2D eigenvalue weighted by atomic mass is 32.1. The first-order valence-corrected chi connectivity index (χ1v) is 7.04. The lowest BCUT2D eigenvalue weighted by atomic mass is 10.2. The summed E-state index contributed by atoms with van der Waals surface area (Å²) in [5.74, 6) is 0.656. The third-order valence-electron chi connectivity index (χ3n) is 2.47. The van der Waals surface area contributed by atoms with Crippen LogP contribution in [0.25, 0.3) is 0 Å². The van der Waals surface area contributed by atoms with E-state index in [2.05, 4.69) is 27.5 Å². The number of nitrogens with one attached hydrogen (secondary N) is 2. The van der Waals surface area contributed by atoms with Crippen LogP contribution in [-0.4, -0.2) is 22.4 Å². The SMILES string of the molecule is CCCNc1ccc(C(=O)NCc2nccs2)cn1. The second-order valence-corrected chi connectivity index (χ2v) is 4.95. The summed E-state index contributed by atoms with van der Waals surface area (Å²) in [7, 11) is 0. The van der Waals surface area contributed by atoms with Gasteiger partial charge in [0.1, 0.15) is 10.8 Å². The molecule has 1 amide bonds. The normalized spacial score (nSPS) is 10.2. The Hall–Kier alpha value is -1.95. The Morgan fingerprint density at radius 1 is 1.37 bits per heavy atom. The quantitative estimate of drug-likeness (QED) is 0.849. The van der Waals surface area contributed by atoms with E-state index in [1.54, 1.807) is 18.5 Å². The van der Waals surface area contributed by atoms with Crippen molar-refractivity contribution in [2.45, 2.75) is 19.9 Å². The number of rotatable bonds is 6.